The van der Waals surface area contributed by atoms with Crippen molar-refractivity contribution in [2.45, 2.75) is 19.9 Å². The normalized spacial score (nSPS) is 11.1. The Balaban J connectivity index is 2.87. The van der Waals surface area contributed by atoms with Gasteiger partial charge in [-0.25, -0.2) is 0 Å². The van der Waals surface area contributed by atoms with Crippen molar-refractivity contribution >= 4 is 23.5 Å². The number of ether oxygens (including phenoxy) is 1. The second-order valence-corrected chi connectivity index (χ2v) is 4.41. The zero-order valence-corrected chi connectivity index (χ0v) is 10.7. The smallest absolute Gasteiger partial charge is 0.262 e. The minimum atomic E-state index is -0.380. The van der Waals surface area contributed by atoms with Crippen molar-refractivity contribution in [3.63, 3.8) is 0 Å². The highest BCUT2D eigenvalue weighted by atomic mass is 32.1. The van der Waals surface area contributed by atoms with Gasteiger partial charge in [0.15, 0.2) is 0 Å². The lowest BCUT2D eigenvalue weighted by molar-refractivity contribution is -0.117. The molecular weight excluding hydrogens is 238 g/mol. The standard InChI is InChI=1S/C11H13N3O2S/c1-7(2)13-11(15)8(6-12)4-9-5-10(16-3)14-17-9/h4-5,7H,1-3H3,(H,13,15). The van der Waals surface area contributed by atoms with Gasteiger partial charge >= 0.3 is 0 Å². The first-order chi connectivity index (χ1) is 8.06. The summed E-state index contributed by atoms with van der Waals surface area (Å²) in [4.78, 5) is 12.3. The first-order valence-electron chi connectivity index (χ1n) is 5.00. The largest absolute Gasteiger partial charge is 0.480 e. The molecule has 0 saturated carbocycles. The van der Waals surface area contributed by atoms with Crippen molar-refractivity contribution in [3.8, 4) is 11.9 Å². The van der Waals surface area contributed by atoms with E-state index in [2.05, 4.69) is 9.69 Å². The summed E-state index contributed by atoms with van der Waals surface area (Å²) < 4.78 is 8.90. The lowest BCUT2D eigenvalue weighted by Gasteiger charge is -2.06. The van der Waals surface area contributed by atoms with E-state index < -0.39 is 0 Å². The molecule has 17 heavy (non-hydrogen) atoms. The molecule has 0 aliphatic rings. The van der Waals surface area contributed by atoms with E-state index >= 15 is 0 Å². The molecule has 6 heteroatoms. The molecule has 0 radical (unpaired) electrons. The predicted octanol–water partition coefficient (Wildman–Crippen LogP) is 1.58. The van der Waals surface area contributed by atoms with E-state index in [1.165, 1.54) is 24.7 Å². The van der Waals surface area contributed by atoms with Gasteiger partial charge in [0.1, 0.15) is 11.6 Å². The van der Waals surface area contributed by atoms with Gasteiger partial charge in [-0.2, -0.15) is 9.64 Å². The first-order valence-corrected chi connectivity index (χ1v) is 5.77. The second-order valence-electron chi connectivity index (χ2n) is 3.57. The Labute approximate surface area is 104 Å². The first kappa shape index (κ1) is 13.2. The van der Waals surface area contributed by atoms with Gasteiger partial charge in [-0.05, 0) is 31.5 Å². The molecule has 0 spiro atoms. The van der Waals surface area contributed by atoms with E-state index in [4.69, 9.17) is 10.00 Å². The van der Waals surface area contributed by atoms with Crippen LogP contribution in [0, 0.1) is 11.3 Å². The Morgan fingerprint density at radius 2 is 2.41 bits per heavy atom. The molecule has 0 saturated heterocycles. The zero-order chi connectivity index (χ0) is 12.8. The Kier molecular flexibility index (Phi) is 4.67. The van der Waals surface area contributed by atoms with Crippen LogP contribution in [0.5, 0.6) is 5.88 Å². The van der Waals surface area contributed by atoms with Gasteiger partial charge in [0.05, 0.1) is 12.0 Å². The fraction of sp³-hybridized carbons (Fsp3) is 0.364. The number of nitrogens with one attached hydrogen (secondary N) is 1. The van der Waals surface area contributed by atoms with Crippen molar-refractivity contribution in [3.05, 3.63) is 16.5 Å². The number of rotatable bonds is 4. The van der Waals surface area contributed by atoms with E-state index in [-0.39, 0.29) is 17.5 Å². The van der Waals surface area contributed by atoms with Gasteiger partial charge < -0.3 is 10.1 Å². The van der Waals surface area contributed by atoms with Crippen LogP contribution in [0.2, 0.25) is 0 Å². The summed E-state index contributed by atoms with van der Waals surface area (Å²) in [5.41, 5.74) is 0.0602. The highest BCUT2D eigenvalue weighted by Crippen LogP contribution is 2.18. The van der Waals surface area contributed by atoms with Crippen LogP contribution in [-0.2, 0) is 4.79 Å². The van der Waals surface area contributed by atoms with Crippen LogP contribution < -0.4 is 10.1 Å². The lowest BCUT2D eigenvalue weighted by atomic mass is 10.2. The van der Waals surface area contributed by atoms with E-state index in [1.54, 1.807) is 6.07 Å². The summed E-state index contributed by atoms with van der Waals surface area (Å²) in [6.45, 7) is 3.67. The number of hydrogen-bond donors (Lipinski definition) is 1. The monoisotopic (exact) mass is 251 g/mol. The molecule has 0 atom stereocenters. The van der Waals surface area contributed by atoms with Gasteiger partial charge in [-0.15, -0.1) is 0 Å². The van der Waals surface area contributed by atoms with E-state index in [0.717, 1.165) is 0 Å². The summed E-state index contributed by atoms with van der Waals surface area (Å²) in [6, 6.07) is 3.54. The second kappa shape index (κ2) is 6.01. The Hall–Kier alpha value is -1.87. The fourth-order valence-corrected chi connectivity index (χ4v) is 1.71. The molecule has 0 aliphatic carbocycles. The molecule has 0 aliphatic heterocycles. The summed E-state index contributed by atoms with van der Waals surface area (Å²) in [7, 11) is 1.51. The molecule has 1 amide bonds. The Morgan fingerprint density at radius 1 is 1.71 bits per heavy atom. The van der Waals surface area contributed by atoms with Crippen LogP contribution in [0.1, 0.15) is 18.7 Å². The van der Waals surface area contributed by atoms with Gasteiger partial charge in [0.25, 0.3) is 5.91 Å². The molecule has 5 nitrogen and oxygen atoms in total. The number of methoxy groups -OCH3 is 1. The van der Waals surface area contributed by atoms with Gasteiger partial charge in [0, 0.05) is 12.1 Å². The molecule has 0 aromatic carbocycles. The number of amides is 1. The molecule has 90 valence electrons. The number of aromatic nitrogens is 1. The molecule has 1 N–H and O–H groups in total. The van der Waals surface area contributed by atoms with E-state index in [1.807, 2.05) is 19.9 Å². The molecule has 1 rings (SSSR count). The molecule has 0 bridgehead atoms. The molecular formula is C11H13N3O2S. The molecule has 0 unspecified atom stereocenters. The minimum absolute atomic E-state index is 0.00440. The lowest BCUT2D eigenvalue weighted by Crippen LogP contribution is -2.30. The number of carbonyl (C=O) groups excluding carboxylic acids is 1. The van der Waals surface area contributed by atoms with Crippen molar-refractivity contribution in [1.82, 2.24) is 9.69 Å². The number of nitrogens with zero attached hydrogens (tertiary/aromatic N) is 2. The topological polar surface area (TPSA) is 75.0 Å². The zero-order valence-electron chi connectivity index (χ0n) is 9.85. The molecule has 1 aromatic heterocycles. The summed E-state index contributed by atoms with van der Waals surface area (Å²) in [5, 5.41) is 11.6. The SMILES string of the molecule is COc1cc(C=C(C#N)C(=O)NC(C)C)sn1. The van der Waals surface area contributed by atoms with Crippen molar-refractivity contribution in [2.75, 3.05) is 7.11 Å². The van der Waals surface area contributed by atoms with E-state index in [0.29, 0.717) is 10.8 Å². The maximum absolute atomic E-state index is 11.6. The minimum Gasteiger partial charge on any atom is -0.480 e. The molecule has 1 aromatic rings. The van der Waals surface area contributed by atoms with Crippen LogP contribution in [0.25, 0.3) is 6.08 Å². The van der Waals surface area contributed by atoms with Crippen molar-refractivity contribution in [2.24, 2.45) is 0 Å². The van der Waals surface area contributed by atoms with E-state index in [9.17, 15) is 4.79 Å². The Bertz CT molecular complexity index is 471. The third kappa shape index (κ3) is 3.89. The maximum atomic E-state index is 11.6. The maximum Gasteiger partial charge on any atom is 0.262 e. The molecule has 0 fully saturated rings. The molecule has 1 heterocycles. The van der Waals surface area contributed by atoms with Gasteiger partial charge in [0.2, 0.25) is 5.88 Å². The summed E-state index contributed by atoms with van der Waals surface area (Å²) >= 11 is 1.17. The Morgan fingerprint density at radius 3 is 2.88 bits per heavy atom. The number of carbonyl (C=O) groups is 1. The third-order valence-electron chi connectivity index (χ3n) is 1.79. The van der Waals surface area contributed by atoms with Crippen LogP contribution in [0.3, 0.4) is 0 Å². The quantitative estimate of drug-likeness (QED) is 0.651. The predicted molar refractivity (Wildman–Crippen MR) is 65.5 cm³/mol. The van der Waals surface area contributed by atoms with Gasteiger partial charge in [-0.3, -0.25) is 4.79 Å². The highest BCUT2D eigenvalue weighted by molar-refractivity contribution is 7.07. The van der Waals surface area contributed by atoms with Crippen LogP contribution in [-0.4, -0.2) is 23.4 Å². The van der Waals surface area contributed by atoms with Crippen LogP contribution in [0.15, 0.2) is 11.6 Å². The fourth-order valence-electron chi connectivity index (χ4n) is 1.07. The summed E-state index contributed by atoms with van der Waals surface area (Å²) in [6.07, 6.45) is 1.50. The van der Waals surface area contributed by atoms with Crippen molar-refractivity contribution in [1.29, 1.82) is 5.26 Å². The number of hydrogen-bond acceptors (Lipinski definition) is 5. The average Bonchev–Trinajstić information content (AvgIpc) is 2.72. The average molecular weight is 251 g/mol. The van der Waals surface area contributed by atoms with Crippen LogP contribution >= 0.6 is 11.5 Å². The number of nitriles is 1. The third-order valence-corrected chi connectivity index (χ3v) is 2.51. The van der Waals surface area contributed by atoms with Crippen molar-refractivity contribution < 1.29 is 9.53 Å². The highest BCUT2D eigenvalue weighted by Gasteiger charge is 2.11. The summed E-state index contributed by atoms with van der Waals surface area (Å²) in [5.74, 6) is 0.0951. The van der Waals surface area contributed by atoms with Gasteiger partial charge in [-0.1, -0.05) is 0 Å². The van der Waals surface area contributed by atoms with Crippen LogP contribution in [0.4, 0.5) is 0 Å².